The summed E-state index contributed by atoms with van der Waals surface area (Å²) in [6.45, 7) is 0. The minimum Gasteiger partial charge on any atom is -0.298 e. The summed E-state index contributed by atoms with van der Waals surface area (Å²) in [4.78, 5) is 19.5. The van der Waals surface area contributed by atoms with Gasteiger partial charge in [0.25, 0.3) is 14.7 Å². The molecule has 6 nitrogen and oxygen atoms in total. The largest absolute Gasteiger partial charge is 0.298 e. The Bertz CT molecular complexity index is 568. The predicted molar refractivity (Wildman–Crippen MR) is 56.5 cm³/mol. The lowest BCUT2D eigenvalue weighted by molar-refractivity contribution is -0.385. The number of carbonyl (C=O) groups is 1. The van der Waals surface area contributed by atoms with Crippen molar-refractivity contribution in [2.24, 2.45) is 0 Å². The Labute approximate surface area is 99.3 Å². The van der Waals surface area contributed by atoms with Crippen molar-refractivity contribution in [3.63, 3.8) is 0 Å². The molecule has 0 atom stereocenters. The zero-order valence-electron chi connectivity index (χ0n) is 7.38. The Morgan fingerprint density at radius 2 is 1.94 bits per heavy atom. The summed E-state index contributed by atoms with van der Waals surface area (Å²) in [5.74, 6) is 0. The van der Waals surface area contributed by atoms with E-state index in [-0.39, 0.29) is 11.8 Å². The van der Waals surface area contributed by atoms with Gasteiger partial charge >= 0.3 is 0 Å². The number of nitro groups is 1. The Morgan fingerprint density at radius 1 is 1.38 bits per heavy atom. The van der Waals surface area contributed by atoms with E-state index in [1.807, 2.05) is 0 Å². The maximum atomic E-state index is 11.0. The summed E-state index contributed by atoms with van der Waals surface area (Å²) in [6, 6.07) is 1.55. The van der Waals surface area contributed by atoms with E-state index in [0.717, 1.165) is 6.07 Å². The smallest absolute Gasteiger partial charge is 0.271 e. The van der Waals surface area contributed by atoms with Gasteiger partial charge in [-0.05, 0) is 0 Å². The molecule has 0 saturated carbocycles. The molecule has 0 fully saturated rings. The lowest BCUT2D eigenvalue weighted by Gasteiger charge is -2.02. The second-order valence-electron chi connectivity index (χ2n) is 2.66. The molecule has 0 aliphatic carbocycles. The third-order valence-electron chi connectivity index (χ3n) is 1.65. The van der Waals surface area contributed by atoms with Crippen LogP contribution in [-0.4, -0.2) is 19.6 Å². The summed E-state index contributed by atoms with van der Waals surface area (Å²) >= 11 is 5.55. The first-order chi connectivity index (χ1) is 7.27. The van der Waals surface area contributed by atoms with Gasteiger partial charge in [0.05, 0.1) is 9.95 Å². The highest BCUT2D eigenvalue weighted by molar-refractivity contribution is 8.13. The molecule has 0 unspecified atom stereocenters. The minimum atomic E-state index is -4.25. The fourth-order valence-electron chi connectivity index (χ4n) is 0.973. The van der Waals surface area contributed by atoms with Gasteiger partial charge in [0.1, 0.15) is 4.90 Å². The van der Waals surface area contributed by atoms with Crippen LogP contribution in [0.4, 0.5) is 5.69 Å². The van der Waals surface area contributed by atoms with Crippen molar-refractivity contribution in [1.29, 1.82) is 0 Å². The SMILES string of the molecule is O=Cc1cc([N+](=O)[O-])cc(S(=O)(=O)Cl)c1Cl. The van der Waals surface area contributed by atoms with Crippen LogP contribution in [0.2, 0.25) is 5.02 Å². The first kappa shape index (κ1) is 12.9. The van der Waals surface area contributed by atoms with Gasteiger partial charge in [0.2, 0.25) is 0 Å². The molecule has 9 heteroatoms. The molecule has 0 saturated heterocycles. The number of halogens is 2. The number of non-ortho nitro benzene ring substituents is 1. The number of hydrogen-bond acceptors (Lipinski definition) is 5. The highest BCUT2D eigenvalue weighted by Gasteiger charge is 2.22. The van der Waals surface area contributed by atoms with Gasteiger partial charge in [-0.3, -0.25) is 14.9 Å². The molecule has 0 aliphatic rings. The van der Waals surface area contributed by atoms with E-state index < -0.39 is 29.6 Å². The van der Waals surface area contributed by atoms with E-state index in [1.54, 1.807) is 0 Å². The van der Waals surface area contributed by atoms with Gasteiger partial charge in [0.15, 0.2) is 6.29 Å². The number of aldehydes is 1. The van der Waals surface area contributed by atoms with Gasteiger partial charge in [0, 0.05) is 28.4 Å². The molecular weight excluding hydrogens is 281 g/mol. The molecule has 0 aromatic heterocycles. The first-order valence-electron chi connectivity index (χ1n) is 3.65. The standard InChI is InChI=1S/C7H3Cl2NO5S/c8-7-4(3-11)1-5(10(12)13)2-6(7)16(9,14)15/h1-3H. The Hall–Kier alpha value is -1.18. The van der Waals surface area contributed by atoms with Crippen molar-refractivity contribution in [2.75, 3.05) is 0 Å². The maximum absolute atomic E-state index is 11.0. The van der Waals surface area contributed by atoms with E-state index in [4.69, 9.17) is 22.3 Å². The minimum absolute atomic E-state index is 0.209. The molecule has 1 rings (SSSR count). The third kappa shape index (κ3) is 2.49. The average Bonchev–Trinajstić information content (AvgIpc) is 2.15. The van der Waals surface area contributed by atoms with Crippen LogP contribution in [0.5, 0.6) is 0 Å². The van der Waals surface area contributed by atoms with Crippen LogP contribution < -0.4 is 0 Å². The Morgan fingerprint density at radius 3 is 2.31 bits per heavy atom. The molecule has 1 aromatic carbocycles. The molecule has 86 valence electrons. The van der Waals surface area contributed by atoms with E-state index in [9.17, 15) is 23.3 Å². The quantitative estimate of drug-likeness (QED) is 0.366. The second kappa shape index (κ2) is 4.36. The highest BCUT2D eigenvalue weighted by atomic mass is 35.7. The first-order valence-corrected chi connectivity index (χ1v) is 6.34. The number of hydrogen-bond donors (Lipinski definition) is 0. The van der Waals surface area contributed by atoms with Crippen LogP contribution in [0.25, 0.3) is 0 Å². The van der Waals surface area contributed by atoms with Gasteiger partial charge in [-0.2, -0.15) is 0 Å². The van der Waals surface area contributed by atoms with E-state index in [1.165, 1.54) is 0 Å². The fourth-order valence-corrected chi connectivity index (χ4v) is 2.51. The lowest BCUT2D eigenvalue weighted by atomic mass is 10.2. The maximum Gasteiger partial charge on any atom is 0.271 e. The van der Waals surface area contributed by atoms with E-state index in [2.05, 4.69) is 0 Å². The molecule has 0 N–H and O–H groups in total. The van der Waals surface area contributed by atoms with Gasteiger partial charge in [-0.1, -0.05) is 11.6 Å². The summed E-state index contributed by atoms with van der Waals surface area (Å²) in [5.41, 5.74) is -0.888. The molecular formula is C7H3Cl2NO5S. The van der Waals surface area contributed by atoms with Crippen molar-refractivity contribution in [2.45, 2.75) is 4.90 Å². The second-order valence-corrected chi connectivity index (χ2v) is 5.57. The van der Waals surface area contributed by atoms with Crippen LogP contribution >= 0.6 is 22.3 Å². The Balaban J connectivity index is 3.68. The zero-order chi connectivity index (χ0) is 12.5. The highest BCUT2D eigenvalue weighted by Crippen LogP contribution is 2.31. The van der Waals surface area contributed by atoms with Gasteiger partial charge in [-0.25, -0.2) is 8.42 Å². The van der Waals surface area contributed by atoms with Crippen LogP contribution in [-0.2, 0) is 9.05 Å². The predicted octanol–water partition coefficient (Wildman–Crippen LogP) is 1.99. The third-order valence-corrected chi connectivity index (χ3v) is 3.53. The summed E-state index contributed by atoms with van der Waals surface area (Å²) in [6.07, 6.45) is 0.209. The summed E-state index contributed by atoms with van der Waals surface area (Å²) in [5, 5.41) is 10.0. The van der Waals surface area contributed by atoms with Crippen LogP contribution in [0.15, 0.2) is 17.0 Å². The molecule has 16 heavy (non-hydrogen) atoms. The molecule has 0 radical (unpaired) electrons. The molecule has 0 aliphatic heterocycles. The molecule has 0 bridgehead atoms. The molecule has 0 amide bonds. The fraction of sp³-hybridized carbons (Fsp3) is 0. The van der Waals surface area contributed by atoms with Crippen LogP contribution in [0.1, 0.15) is 10.4 Å². The number of nitro benzene ring substituents is 1. The van der Waals surface area contributed by atoms with Crippen molar-refractivity contribution in [3.8, 4) is 0 Å². The summed E-state index contributed by atoms with van der Waals surface area (Å²) in [7, 11) is 0.774. The molecule has 0 spiro atoms. The van der Waals surface area contributed by atoms with E-state index >= 15 is 0 Å². The average molecular weight is 284 g/mol. The van der Waals surface area contributed by atoms with Gasteiger partial charge < -0.3 is 0 Å². The molecule has 0 heterocycles. The number of carbonyl (C=O) groups excluding carboxylic acids is 1. The Kier molecular flexibility index (Phi) is 3.51. The van der Waals surface area contributed by atoms with E-state index in [0.29, 0.717) is 6.07 Å². The zero-order valence-corrected chi connectivity index (χ0v) is 9.71. The van der Waals surface area contributed by atoms with Crippen molar-refractivity contribution in [3.05, 3.63) is 32.8 Å². The van der Waals surface area contributed by atoms with Crippen LogP contribution in [0.3, 0.4) is 0 Å². The lowest BCUT2D eigenvalue weighted by Crippen LogP contribution is -1.99. The van der Waals surface area contributed by atoms with Gasteiger partial charge in [-0.15, -0.1) is 0 Å². The molecule has 1 aromatic rings. The number of nitrogens with zero attached hydrogens (tertiary/aromatic N) is 1. The topological polar surface area (TPSA) is 94.3 Å². The van der Waals surface area contributed by atoms with Crippen LogP contribution in [0, 0.1) is 10.1 Å². The van der Waals surface area contributed by atoms with Crippen molar-refractivity contribution in [1.82, 2.24) is 0 Å². The monoisotopic (exact) mass is 283 g/mol. The number of benzene rings is 1. The van der Waals surface area contributed by atoms with Crippen molar-refractivity contribution >= 4 is 43.3 Å². The summed E-state index contributed by atoms with van der Waals surface area (Å²) < 4.78 is 22.1. The normalized spacial score (nSPS) is 11.1. The number of rotatable bonds is 3. The van der Waals surface area contributed by atoms with Crippen molar-refractivity contribution < 1.29 is 18.1 Å².